The van der Waals surface area contributed by atoms with Gasteiger partial charge in [0.15, 0.2) is 6.73 Å². The first-order valence-corrected chi connectivity index (χ1v) is 9.82. The Hall–Kier alpha value is -2.05. The third-order valence-corrected chi connectivity index (χ3v) is 6.03. The molecule has 2 atom stereocenters. The first kappa shape index (κ1) is 18.3. The molecule has 2 aliphatic rings. The molecule has 0 aliphatic carbocycles. The van der Waals surface area contributed by atoms with Crippen LogP contribution in [0, 0.1) is 6.92 Å². The van der Waals surface area contributed by atoms with E-state index in [1.54, 1.807) is 23.0 Å². The molecule has 2 aliphatic heterocycles. The normalized spacial score (nSPS) is 24.8. The van der Waals surface area contributed by atoms with Gasteiger partial charge in [0, 0.05) is 29.3 Å². The van der Waals surface area contributed by atoms with Crippen LogP contribution in [0.2, 0.25) is 5.02 Å². The highest BCUT2D eigenvalue weighted by Crippen LogP contribution is 2.34. The molecule has 7 heteroatoms. The fourth-order valence-electron chi connectivity index (χ4n) is 4.25. The highest BCUT2D eigenvalue weighted by Gasteiger charge is 2.38. The molecule has 2 saturated heterocycles. The van der Waals surface area contributed by atoms with Gasteiger partial charge in [0.2, 0.25) is 0 Å². The van der Waals surface area contributed by atoms with Crippen LogP contribution in [0.5, 0.6) is 5.75 Å². The minimum Gasteiger partial charge on any atom is -0.471 e. The number of aryl methyl sites for hydroxylation is 1. The molecule has 2 fully saturated rings. The summed E-state index contributed by atoms with van der Waals surface area (Å²) in [6.07, 6.45) is 6.29. The number of nitrogens with one attached hydrogen (secondary N) is 1. The standard InChI is InChI=1S/C20H25ClN4O2/c1-13-9-14(21)3-6-19(13)27-12-25-8-7-18(23-25)20(26)22-15-10-16-4-5-17(11-15)24(16)2/h3,6-9,15-17H,4-5,10-12H2,1-2H3,(H,22,26). The van der Waals surface area contributed by atoms with Crippen molar-refractivity contribution in [3.63, 3.8) is 0 Å². The lowest BCUT2D eigenvalue weighted by molar-refractivity contribution is 0.0875. The fraction of sp³-hybridized carbons (Fsp3) is 0.500. The summed E-state index contributed by atoms with van der Waals surface area (Å²) in [5.74, 6) is 0.646. The van der Waals surface area contributed by atoms with E-state index in [9.17, 15) is 4.79 Å². The van der Waals surface area contributed by atoms with Crippen molar-refractivity contribution in [3.8, 4) is 5.75 Å². The minimum absolute atomic E-state index is 0.106. The monoisotopic (exact) mass is 388 g/mol. The zero-order valence-corrected chi connectivity index (χ0v) is 16.4. The van der Waals surface area contributed by atoms with Crippen molar-refractivity contribution < 1.29 is 9.53 Å². The lowest BCUT2D eigenvalue weighted by Crippen LogP contribution is -2.48. The maximum atomic E-state index is 12.6. The molecular weight excluding hydrogens is 364 g/mol. The largest absolute Gasteiger partial charge is 0.471 e. The molecule has 27 heavy (non-hydrogen) atoms. The number of ether oxygens (including phenoxy) is 1. The highest BCUT2D eigenvalue weighted by molar-refractivity contribution is 6.30. The van der Waals surface area contributed by atoms with Crippen LogP contribution in [-0.2, 0) is 6.73 Å². The summed E-state index contributed by atoms with van der Waals surface area (Å²) >= 11 is 5.96. The molecule has 1 amide bonds. The van der Waals surface area contributed by atoms with Crippen molar-refractivity contribution in [3.05, 3.63) is 46.7 Å². The van der Waals surface area contributed by atoms with Crippen molar-refractivity contribution >= 4 is 17.5 Å². The number of amides is 1. The zero-order chi connectivity index (χ0) is 19.0. The number of carbonyl (C=O) groups excluding carboxylic acids is 1. The molecule has 144 valence electrons. The van der Waals surface area contributed by atoms with Crippen LogP contribution in [0.1, 0.15) is 41.7 Å². The van der Waals surface area contributed by atoms with Gasteiger partial charge < -0.3 is 15.0 Å². The predicted molar refractivity (Wildman–Crippen MR) is 104 cm³/mol. The topological polar surface area (TPSA) is 59.4 Å². The summed E-state index contributed by atoms with van der Waals surface area (Å²) in [4.78, 5) is 15.0. The molecule has 1 aromatic heterocycles. The summed E-state index contributed by atoms with van der Waals surface area (Å²) < 4.78 is 7.40. The van der Waals surface area contributed by atoms with Crippen LogP contribution in [-0.4, -0.2) is 45.8 Å². The van der Waals surface area contributed by atoms with Crippen LogP contribution in [0.4, 0.5) is 0 Å². The van der Waals surface area contributed by atoms with Crippen molar-refractivity contribution in [2.24, 2.45) is 0 Å². The molecule has 1 aromatic carbocycles. The number of aromatic nitrogens is 2. The fourth-order valence-corrected chi connectivity index (χ4v) is 4.48. The second-order valence-corrected chi connectivity index (χ2v) is 8.05. The van der Waals surface area contributed by atoms with Gasteiger partial charge in [-0.3, -0.25) is 4.79 Å². The summed E-state index contributed by atoms with van der Waals surface area (Å²) in [6, 6.07) is 8.66. The quantitative estimate of drug-likeness (QED) is 0.854. The van der Waals surface area contributed by atoms with Crippen molar-refractivity contribution in [2.45, 2.75) is 57.5 Å². The third kappa shape index (κ3) is 3.96. The number of halogens is 1. The minimum atomic E-state index is -0.106. The predicted octanol–water partition coefficient (Wildman–Crippen LogP) is 3.24. The second-order valence-electron chi connectivity index (χ2n) is 7.62. The number of piperidine rings is 1. The van der Waals surface area contributed by atoms with E-state index < -0.39 is 0 Å². The van der Waals surface area contributed by atoms with Gasteiger partial charge in [-0.2, -0.15) is 5.10 Å². The molecular formula is C20H25ClN4O2. The Bertz CT molecular complexity index is 823. The second kappa shape index (κ2) is 7.52. The zero-order valence-electron chi connectivity index (χ0n) is 15.7. The average Bonchev–Trinajstić information content (AvgIpc) is 3.16. The Morgan fingerprint density at radius 1 is 1.30 bits per heavy atom. The van der Waals surface area contributed by atoms with E-state index in [0.717, 1.165) is 24.2 Å². The van der Waals surface area contributed by atoms with Gasteiger partial charge in [-0.25, -0.2) is 4.68 Å². The van der Waals surface area contributed by atoms with Crippen molar-refractivity contribution in [1.29, 1.82) is 0 Å². The van der Waals surface area contributed by atoms with E-state index >= 15 is 0 Å². The van der Waals surface area contributed by atoms with Crippen LogP contribution in [0.25, 0.3) is 0 Å². The van der Waals surface area contributed by atoms with E-state index in [2.05, 4.69) is 22.4 Å². The lowest BCUT2D eigenvalue weighted by Gasteiger charge is -2.36. The van der Waals surface area contributed by atoms with Gasteiger partial charge in [-0.05, 0) is 69.5 Å². The molecule has 2 bridgehead atoms. The number of fused-ring (bicyclic) bond motifs is 2. The summed E-state index contributed by atoms with van der Waals surface area (Å²) in [5.41, 5.74) is 1.39. The highest BCUT2D eigenvalue weighted by atomic mass is 35.5. The smallest absolute Gasteiger partial charge is 0.271 e. The maximum absolute atomic E-state index is 12.6. The summed E-state index contributed by atoms with van der Waals surface area (Å²) in [5, 5.41) is 8.19. The molecule has 3 heterocycles. The van der Waals surface area contributed by atoms with Gasteiger partial charge in [0.25, 0.3) is 5.91 Å². The first-order valence-electron chi connectivity index (χ1n) is 9.45. The molecule has 6 nitrogen and oxygen atoms in total. The van der Waals surface area contributed by atoms with Crippen molar-refractivity contribution in [2.75, 3.05) is 7.05 Å². The van der Waals surface area contributed by atoms with Gasteiger partial charge in [0.05, 0.1) is 0 Å². The molecule has 0 radical (unpaired) electrons. The number of nitrogens with zero attached hydrogens (tertiary/aromatic N) is 3. The summed E-state index contributed by atoms with van der Waals surface area (Å²) in [7, 11) is 2.20. The number of hydrogen-bond acceptors (Lipinski definition) is 4. The van der Waals surface area contributed by atoms with E-state index in [-0.39, 0.29) is 18.7 Å². The van der Waals surface area contributed by atoms with E-state index in [4.69, 9.17) is 16.3 Å². The van der Waals surface area contributed by atoms with Crippen LogP contribution >= 0.6 is 11.6 Å². The number of benzene rings is 1. The lowest BCUT2D eigenvalue weighted by atomic mass is 9.98. The SMILES string of the molecule is Cc1cc(Cl)ccc1OCn1ccc(C(=O)NC2CC3CCC(C2)N3C)n1. The molecule has 2 aromatic rings. The Morgan fingerprint density at radius 2 is 2.04 bits per heavy atom. The van der Waals surface area contributed by atoms with E-state index in [1.807, 2.05) is 19.1 Å². The summed E-state index contributed by atoms with van der Waals surface area (Å²) in [6.45, 7) is 2.19. The number of rotatable bonds is 5. The van der Waals surface area contributed by atoms with Crippen LogP contribution in [0.3, 0.4) is 0 Å². The van der Waals surface area contributed by atoms with E-state index in [1.165, 1.54) is 12.8 Å². The molecule has 0 spiro atoms. The van der Waals surface area contributed by atoms with Gasteiger partial charge in [-0.1, -0.05) is 11.6 Å². The third-order valence-electron chi connectivity index (χ3n) is 5.80. The Kier molecular flexibility index (Phi) is 5.10. The average molecular weight is 389 g/mol. The Labute approximate surface area is 164 Å². The molecule has 2 unspecified atom stereocenters. The Morgan fingerprint density at radius 3 is 2.74 bits per heavy atom. The van der Waals surface area contributed by atoms with Gasteiger partial charge in [-0.15, -0.1) is 0 Å². The Balaban J connectivity index is 1.33. The molecule has 0 saturated carbocycles. The van der Waals surface area contributed by atoms with Crippen LogP contribution < -0.4 is 10.1 Å². The van der Waals surface area contributed by atoms with Gasteiger partial charge >= 0.3 is 0 Å². The molecule has 4 rings (SSSR count). The molecule has 1 N–H and O–H groups in total. The van der Waals surface area contributed by atoms with Crippen LogP contribution in [0.15, 0.2) is 30.5 Å². The van der Waals surface area contributed by atoms with Crippen molar-refractivity contribution in [1.82, 2.24) is 20.0 Å². The first-order chi connectivity index (χ1) is 13.0. The van der Waals surface area contributed by atoms with Gasteiger partial charge in [0.1, 0.15) is 11.4 Å². The van der Waals surface area contributed by atoms with E-state index in [0.29, 0.717) is 22.8 Å². The number of hydrogen-bond donors (Lipinski definition) is 1. The maximum Gasteiger partial charge on any atom is 0.271 e. The number of carbonyl (C=O) groups is 1.